The summed E-state index contributed by atoms with van der Waals surface area (Å²) in [5, 5.41) is 28.4. The predicted molar refractivity (Wildman–Crippen MR) is 297 cm³/mol. The maximum atomic E-state index is 13.4. The van der Waals surface area contributed by atoms with Crippen LogP contribution < -0.4 is 21.7 Å². The van der Waals surface area contributed by atoms with Crippen LogP contribution in [0.3, 0.4) is 0 Å². The number of carboxylic acid groups (broad SMARTS) is 1. The number of Topliss-reactive ketones (excluding diaryl/α,β-unsaturated/α-hetero) is 2. The minimum atomic E-state index is -1.62. The van der Waals surface area contributed by atoms with Crippen molar-refractivity contribution in [3.63, 3.8) is 0 Å². The topological polar surface area (TPSA) is 276 Å². The number of benzene rings is 3. The molecule has 3 aromatic carbocycles. The first-order valence-corrected chi connectivity index (χ1v) is 27.6. The zero-order valence-electron chi connectivity index (χ0n) is 47.1. The number of urea groups is 3. The van der Waals surface area contributed by atoms with Crippen LogP contribution >= 0.6 is 12.4 Å². The van der Waals surface area contributed by atoms with Gasteiger partial charge in [0.15, 0.2) is 63.9 Å². The van der Waals surface area contributed by atoms with Gasteiger partial charge in [0.25, 0.3) is 0 Å². The lowest BCUT2D eigenvalue weighted by molar-refractivity contribution is 0.0692. The molecule has 6 N–H and O–H groups in total. The van der Waals surface area contributed by atoms with E-state index in [9.17, 15) is 68.3 Å². The van der Waals surface area contributed by atoms with Crippen LogP contribution in [0.15, 0.2) is 55.0 Å². The van der Waals surface area contributed by atoms with Crippen LogP contribution in [-0.2, 0) is 53.5 Å². The Bertz CT molecular complexity index is 3370. The highest BCUT2D eigenvalue weighted by Gasteiger charge is 2.32. The van der Waals surface area contributed by atoms with E-state index in [0.29, 0.717) is 136 Å². The summed E-state index contributed by atoms with van der Waals surface area (Å²) in [6.07, 6.45) is 7.67. The molecule has 6 aliphatic rings. The highest BCUT2D eigenvalue weighted by atomic mass is 35.5. The Morgan fingerprint density at radius 2 is 0.775 bits per heavy atom. The molecule has 3 aromatic heterocycles. The number of fused-ring (bicyclic) bond motifs is 3. The molecule has 6 aromatic rings. The number of aromatic carboxylic acids is 1. The second-order valence-corrected chi connectivity index (χ2v) is 21.1. The molecule has 0 unspecified atom stereocenters. The normalized spacial score (nSPS) is 18.1. The summed E-state index contributed by atoms with van der Waals surface area (Å²) in [5.74, 6) is -14.1. The lowest BCUT2D eigenvalue weighted by Crippen LogP contribution is -2.41. The first kappa shape index (κ1) is 66.4. The molecule has 23 nitrogen and oxygen atoms in total. The zero-order chi connectivity index (χ0) is 62.9. The second-order valence-electron chi connectivity index (χ2n) is 21.1. The monoisotopic (exact) mass is 1280 g/mol. The lowest BCUT2D eigenvalue weighted by Gasteiger charge is -2.28. The Morgan fingerprint density at radius 3 is 1.04 bits per heavy atom. The Labute approximate surface area is 506 Å². The van der Waals surface area contributed by atoms with E-state index in [1.165, 1.54) is 38.0 Å². The molecule has 3 saturated heterocycles. The van der Waals surface area contributed by atoms with Crippen LogP contribution in [0.5, 0.6) is 0 Å². The van der Waals surface area contributed by atoms with Crippen molar-refractivity contribution in [2.24, 2.45) is 17.6 Å². The molecule has 0 spiro atoms. The molecule has 33 heteroatoms. The third-order valence-electron chi connectivity index (χ3n) is 15.0. The number of nitrogens with one attached hydrogen (secondary N) is 3. The summed E-state index contributed by atoms with van der Waals surface area (Å²) in [5.41, 5.74) is 7.28. The molecule has 3 atom stereocenters. The number of ether oxygens (including phenoxy) is 3. The van der Waals surface area contributed by atoms with Gasteiger partial charge < -0.3 is 55.7 Å². The van der Waals surface area contributed by atoms with Gasteiger partial charge in [0, 0.05) is 125 Å². The van der Waals surface area contributed by atoms with Crippen molar-refractivity contribution in [3.05, 3.63) is 141 Å². The van der Waals surface area contributed by atoms with Gasteiger partial charge in [-0.3, -0.25) is 23.6 Å². The molecule has 6 amide bonds. The van der Waals surface area contributed by atoms with Crippen LogP contribution in [0.4, 0.5) is 71.0 Å². The minimum absolute atomic E-state index is 0. The van der Waals surface area contributed by atoms with Crippen LogP contribution in [0, 0.1) is 64.2 Å². The summed E-state index contributed by atoms with van der Waals surface area (Å²) < 4.78 is 139. The number of carbonyl (C=O) groups excluding carboxylic acids is 5. The van der Waals surface area contributed by atoms with Gasteiger partial charge >= 0.3 is 24.1 Å². The summed E-state index contributed by atoms with van der Waals surface area (Å²) >= 11 is 0. The number of aromatic nitrogens is 6. The Morgan fingerprint density at radius 1 is 0.472 bits per heavy atom. The van der Waals surface area contributed by atoms with E-state index in [1.54, 1.807) is 9.36 Å². The Balaban J connectivity index is 0.000000164. The molecule has 6 aliphatic heterocycles. The molecule has 0 saturated carbocycles. The first-order chi connectivity index (χ1) is 42.1. The smallest absolute Gasteiger partial charge is 0.339 e. The van der Waals surface area contributed by atoms with Gasteiger partial charge in [-0.2, -0.15) is 15.3 Å². The standard InChI is InChI=1S/2C19H19F3N4O3.C14H11F3N4O3.C4H9NO.ClH/c2*20-14-6-12(7-15(21)18(14)22)24-19(28)25-2-3-26-16(9-25)13(8-23-26)17(27)5-11-1-4-29-10-11;15-9-3-7(4-10(16)12(9)17)19-14(24)20-1-2-21-11(6-20)8(5-18-21)13(22)23;5-4-1-2-6-3-4;/h2*6-8,11H,1-5,9-10H2,(H,24,28);3-5H,1-2,6H2,(H,19,24)(H,22,23);4H,1-3,5H2;1H/t2*11-;;4-;/m11.0./s1. The quantitative estimate of drug-likeness (QED) is 0.0492. The number of amides is 6. The van der Waals surface area contributed by atoms with Gasteiger partial charge in [0.2, 0.25) is 0 Å². The number of anilines is 3. The summed E-state index contributed by atoms with van der Waals surface area (Å²) in [4.78, 5) is 77.7. The zero-order valence-corrected chi connectivity index (χ0v) is 47.9. The number of nitrogens with two attached hydrogens (primary N) is 1. The number of hydrogen-bond acceptors (Lipinski definition) is 13. The summed E-state index contributed by atoms with van der Waals surface area (Å²) in [6.45, 7) is 6.17. The summed E-state index contributed by atoms with van der Waals surface area (Å²) in [7, 11) is 0. The first-order valence-electron chi connectivity index (χ1n) is 27.6. The minimum Gasteiger partial charge on any atom is -0.478 e. The maximum Gasteiger partial charge on any atom is 0.339 e. The molecular formula is C56H59ClF9N13O10. The number of rotatable bonds is 10. The number of ketones is 2. The third kappa shape index (κ3) is 16.4. The molecule has 0 aliphatic carbocycles. The molecule has 0 bridgehead atoms. The van der Waals surface area contributed by atoms with E-state index < -0.39 is 76.4 Å². The van der Waals surface area contributed by atoms with Gasteiger partial charge in [0.05, 0.1) is 92.7 Å². The maximum absolute atomic E-state index is 13.4. The molecule has 478 valence electrons. The number of carbonyl (C=O) groups is 6. The largest absolute Gasteiger partial charge is 0.478 e. The molecule has 3 fully saturated rings. The molecular weight excluding hydrogens is 1220 g/mol. The lowest BCUT2D eigenvalue weighted by atomic mass is 9.97. The fourth-order valence-electron chi connectivity index (χ4n) is 10.2. The van der Waals surface area contributed by atoms with Gasteiger partial charge in [0.1, 0.15) is 5.56 Å². The third-order valence-corrected chi connectivity index (χ3v) is 15.0. The van der Waals surface area contributed by atoms with Crippen LogP contribution in [0.2, 0.25) is 0 Å². The van der Waals surface area contributed by atoms with E-state index in [4.69, 9.17) is 25.1 Å². The Hall–Kier alpha value is -8.59. The van der Waals surface area contributed by atoms with E-state index in [1.807, 2.05) is 0 Å². The predicted octanol–water partition coefficient (Wildman–Crippen LogP) is 8.12. The van der Waals surface area contributed by atoms with Gasteiger partial charge in [-0.1, -0.05) is 0 Å². The Kier molecular flexibility index (Phi) is 22.1. The second kappa shape index (κ2) is 29.6. The van der Waals surface area contributed by atoms with E-state index in [0.717, 1.165) is 32.5 Å². The van der Waals surface area contributed by atoms with E-state index >= 15 is 0 Å². The van der Waals surface area contributed by atoms with Crippen LogP contribution in [-0.4, -0.2) is 150 Å². The van der Waals surface area contributed by atoms with Crippen molar-refractivity contribution in [2.45, 2.75) is 77.4 Å². The average molecular weight is 1280 g/mol. The van der Waals surface area contributed by atoms with Crippen molar-refractivity contribution in [3.8, 4) is 0 Å². The molecule has 9 heterocycles. The average Bonchev–Trinajstić information content (AvgIpc) is 2.43. The van der Waals surface area contributed by atoms with Gasteiger partial charge in [-0.15, -0.1) is 12.4 Å². The summed E-state index contributed by atoms with van der Waals surface area (Å²) in [6, 6.07) is 2.59. The molecule has 12 rings (SSSR count). The molecule has 0 radical (unpaired) electrons. The SMILES string of the molecule is Cl.N[C@H]1CCOC1.O=C(C[C@H]1CCOC1)c1cnn2c1CN(C(=O)Nc1cc(F)c(F)c(F)c1)CC2.O=C(C[C@H]1CCOC1)c1cnn2c1CN(C(=O)Nc1cc(F)c(F)c(F)c1)CC2.O=C(O)c1cnn2c1CN(C(=O)Nc1cc(F)c(F)c(F)c1)CC2. The fraction of sp³-hybridized carbons (Fsp3) is 0.411. The van der Waals surface area contributed by atoms with Crippen molar-refractivity contribution >= 4 is 65.1 Å². The fourth-order valence-corrected chi connectivity index (χ4v) is 10.2. The number of hydrogen-bond donors (Lipinski definition) is 5. The molecule has 89 heavy (non-hydrogen) atoms. The van der Waals surface area contributed by atoms with Crippen molar-refractivity contribution in [1.29, 1.82) is 0 Å². The van der Waals surface area contributed by atoms with Crippen molar-refractivity contribution < 1.29 is 87.6 Å². The van der Waals surface area contributed by atoms with Gasteiger partial charge in [-0.25, -0.2) is 58.7 Å². The van der Waals surface area contributed by atoms with Gasteiger partial charge in [-0.05, 0) is 31.1 Å². The van der Waals surface area contributed by atoms with Crippen molar-refractivity contribution in [1.82, 2.24) is 44.0 Å². The number of halogens is 10. The number of carboxylic acids is 1. The number of nitrogens with zero attached hydrogens (tertiary/aromatic N) is 9. The van der Waals surface area contributed by atoms with Crippen LogP contribution in [0.1, 0.15) is 80.3 Å². The van der Waals surface area contributed by atoms with Crippen molar-refractivity contribution in [2.75, 3.05) is 75.2 Å². The van der Waals surface area contributed by atoms with E-state index in [2.05, 4.69) is 31.2 Å². The van der Waals surface area contributed by atoms with E-state index in [-0.39, 0.29) is 91.2 Å². The highest BCUT2D eigenvalue weighted by molar-refractivity contribution is 5.98. The van der Waals surface area contributed by atoms with Crippen LogP contribution in [0.25, 0.3) is 0 Å². The highest BCUT2D eigenvalue weighted by Crippen LogP contribution is 2.28.